The maximum Gasteiger partial charge on any atom is 0.336 e. The van der Waals surface area contributed by atoms with E-state index < -0.39 is 39.4 Å². The van der Waals surface area contributed by atoms with Gasteiger partial charge in [-0.05, 0) is 53.3 Å². The van der Waals surface area contributed by atoms with Crippen molar-refractivity contribution >= 4 is 50.8 Å². The summed E-state index contributed by atoms with van der Waals surface area (Å²) in [4.78, 5) is 38.7. The maximum atomic E-state index is 13.1. The molecule has 3 rings (SSSR count). The summed E-state index contributed by atoms with van der Waals surface area (Å²) in [7, 11) is -3.74. The Bertz CT molecular complexity index is 1560. The number of rotatable bonds is 10. The number of nitrogens with two attached hydrogens (primary N) is 1. The zero-order valence-electron chi connectivity index (χ0n) is 22.3. The van der Waals surface area contributed by atoms with Gasteiger partial charge in [-0.15, -0.1) is 11.3 Å². The van der Waals surface area contributed by atoms with Gasteiger partial charge in [-0.1, -0.05) is 26.8 Å². The van der Waals surface area contributed by atoms with Crippen LogP contribution in [0.25, 0.3) is 10.4 Å². The molecule has 1 atom stereocenters. The van der Waals surface area contributed by atoms with Crippen molar-refractivity contribution in [1.29, 1.82) is 5.41 Å². The van der Waals surface area contributed by atoms with Crippen LogP contribution in [0.5, 0.6) is 0 Å². The van der Waals surface area contributed by atoms with Gasteiger partial charge in [0.05, 0.1) is 30.0 Å². The largest absolute Gasteiger partial charge is 0.478 e. The average Bonchev–Trinajstić information content (AvgIpc) is 3.35. The van der Waals surface area contributed by atoms with E-state index in [0.717, 1.165) is 6.26 Å². The number of hydrogen-bond acceptors (Lipinski definition) is 8. The molecule has 1 heterocycles. The van der Waals surface area contributed by atoms with Gasteiger partial charge in [-0.25, -0.2) is 4.79 Å². The van der Waals surface area contributed by atoms with Gasteiger partial charge in [-0.3, -0.25) is 19.2 Å². The van der Waals surface area contributed by atoms with Crippen molar-refractivity contribution in [3.05, 3.63) is 76.2 Å². The standard InChI is InChI=1S/C27H30N4O7S2/c1-27(2,3)21(14-38-40(4,36)37)31-24(32)16-7-10-18(20(13-16)26(34)35)22-19(11-12-39-22)25(33)30-17-8-5-15(6-9-17)23(28)29/h5-13,21H,14H2,1-4H3,(H3,28,29)(H,30,33)(H,31,32)(H,34,35)/t21-/m1/s1. The molecule has 0 radical (unpaired) electrons. The highest BCUT2D eigenvalue weighted by atomic mass is 32.2. The predicted octanol–water partition coefficient (Wildman–Crippen LogP) is 3.77. The number of carbonyl (C=O) groups excluding carboxylic acids is 2. The Balaban J connectivity index is 1.88. The summed E-state index contributed by atoms with van der Waals surface area (Å²) in [5.74, 6) is -2.47. The zero-order valence-corrected chi connectivity index (χ0v) is 23.9. The van der Waals surface area contributed by atoms with Gasteiger partial charge < -0.3 is 21.5 Å². The SMILES string of the molecule is CC(C)(C)[C@@H](COS(C)(=O)=O)NC(=O)c1ccc(-c2sccc2C(=O)Nc2ccc(C(=N)N)cc2)c(C(=O)O)c1. The molecule has 0 aliphatic heterocycles. The Kier molecular flexibility index (Phi) is 9.13. The number of aromatic carboxylic acids is 1. The Morgan fingerprint density at radius 2 is 1.65 bits per heavy atom. The number of nitrogen functional groups attached to an aromatic ring is 1. The number of amidine groups is 1. The van der Waals surface area contributed by atoms with E-state index in [-0.39, 0.29) is 34.7 Å². The first kappa shape index (κ1) is 30.5. The minimum absolute atomic E-state index is 0.0443. The van der Waals surface area contributed by atoms with Crippen molar-refractivity contribution in [2.24, 2.45) is 11.1 Å². The summed E-state index contributed by atoms with van der Waals surface area (Å²) in [5, 5.41) is 24.6. The van der Waals surface area contributed by atoms with Crippen molar-refractivity contribution in [1.82, 2.24) is 5.32 Å². The second-order valence-corrected chi connectivity index (χ2v) is 12.6. The fourth-order valence-electron chi connectivity index (χ4n) is 3.63. The van der Waals surface area contributed by atoms with Gasteiger partial charge in [0.15, 0.2) is 0 Å². The van der Waals surface area contributed by atoms with Gasteiger partial charge in [0.1, 0.15) is 5.84 Å². The van der Waals surface area contributed by atoms with Crippen molar-refractivity contribution in [2.75, 3.05) is 18.2 Å². The second-order valence-electron chi connectivity index (χ2n) is 10.1. The number of anilines is 1. The summed E-state index contributed by atoms with van der Waals surface area (Å²) >= 11 is 1.17. The van der Waals surface area contributed by atoms with Crippen LogP contribution in [-0.4, -0.2) is 56.0 Å². The van der Waals surface area contributed by atoms with E-state index in [1.165, 1.54) is 29.5 Å². The molecule has 2 amide bonds. The lowest BCUT2D eigenvalue weighted by Gasteiger charge is -2.31. The molecule has 0 spiro atoms. The molecule has 0 aliphatic carbocycles. The number of carbonyl (C=O) groups is 3. The molecule has 40 heavy (non-hydrogen) atoms. The number of hydrogen-bond donors (Lipinski definition) is 5. The zero-order chi connectivity index (χ0) is 29.8. The van der Waals surface area contributed by atoms with Crippen LogP contribution in [0.3, 0.4) is 0 Å². The van der Waals surface area contributed by atoms with Gasteiger partial charge in [-0.2, -0.15) is 8.42 Å². The molecule has 0 saturated carbocycles. The lowest BCUT2D eigenvalue weighted by Crippen LogP contribution is -2.47. The molecule has 0 saturated heterocycles. The predicted molar refractivity (Wildman–Crippen MR) is 154 cm³/mol. The van der Waals surface area contributed by atoms with Crippen LogP contribution in [-0.2, 0) is 14.3 Å². The quantitative estimate of drug-likeness (QED) is 0.135. The molecule has 212 valence electrons. The maximum absolute atomic E-state index is 13.1. The average molecular weight is 587 g/mol. The van der Waals surface area contributed by atoms with Gasteiger partial charge in [0, 0.05) is 27.3 Å². The molecule has 0 fully saturated rings. The van der Waals surface area contributed by atoms with Crippen LogP contribution in [0.1, 0.15) is 57.4 Å². The third-order valence-electron chi connectivity index (χ3n) is 5.92. The molecular weight excluding hydrogens is 556 g/mol. The van der Waals surface area contributed by atoms with Crippen LogP contribution in [0.15, 0.2) is 53.9 Å². The van der Waals surface area contributed by atoms with E-state index in [2.05, 4.69) is 10.6 Å². The van der Waals surface area contributed by atoms with Crippen LogP contribution in [0, 0.1) is 10.8 Å². The summed E-state index contributed by atoms with van der Waals surface area (Å²) in [6.45, 7) is 5.12. The third-order valence-corrected chi connectivity index (χ3v) is 7.43. The van der Waals surface area contributed by atoms with Crippen molar-refractivity contribution < 1.29 is 32.1 Å². The van der Waals surface area contributed by atoms with Gasteiger partial charge >= 0.3 is 5.97 Å². The summed E-state index contributed by atoms with van der Waals surface area (Å²) in [6, 6.07) is 11.4. The molecule has 2 aromatic carbocycles. The Hall–Kier alpha value is -4.07. The first-order valence-corrected chi connectivity index (χ1v) is 14.6. The number of amides is 2. The lowest BCUT2D eigenvalue weighted by molar-refractivity contribution is 0.0697. The normalized spacial score (nSPS) is 12.4. The van der Waals surface area contributed by atoms with E-state index in [1.54, 1.807) is 56.5 Å². The first-order valence-electron chi connectivity index (χ1n) is 11.9. The number of thiophene rings is 1. The highest BCUT2D eigenvalue weighted by Gasteiger charge is 2.29. The van der Waals surface area contributed by atoms with Crippen LogP contribution in [0.4, 0.5) is 5.69 Å². The molecular formula is C27H30N4O7S2. The van der Waals surface area contributed by atoms with E-state index in [1.807, 2.05) is 0 Å². The molecule has 3 aromatic rings. The van der Waals surface area contributed by atoms with Crippen LogP contribution < -0.4 is 16.4 Å². The smallest absolute Gasteiger partial charge is 0.336 e. The molecule has 0 unspecified atom stereocenters. The molecule has 11 nitrogen and oxygen atoms in total. The monoisotopic (exact) mass is 586 g/mol. The Morgan fingerprint density at radius 3 is 2.20 bits per heavy atom. The van der Waals surface area contributed by atoms with Gasteiger partial charge in [0.25, 0.3) is 21.9 Å². The summed E-state index contributed by atoms with van der Waals surface area (Å²) in [5.41, 5.74) is 6.21. The van der Waals surface area contributed by atoms with Crippen LogP contribution in [0.2, 0.25) is 0 Å². The van der Waals surface area contributed by atoms with E-state index in [4.69, 9.17) is 15.3 Å². The fourth-order valence-corrected chi connectivity index (χ4v) is 4.95. The molecule has 6 N–H and O–H groups in total. The molecule has 0 bridgehead atoms. The molecule has 0 aliphatic rings. The minimum atomic E-state index is -3.74. The highest BCUT2D eigenvalue weighted by molar-refractivity contribution is 7.85. The second kappa shape index (κ2) is 12.0. The lowest BCUT2D eigenvalue weighted by atomic mass is 9.87. The van der Waals surface area contributed by atoms with Gasteiger partial charge in [0.2, 0.25) is 0 Å². The Morgan fingerprint density at radius 1 is 1.02 bits per heavy atom. The summed E-state index contributed by atoms with van der Waals surface area (Å²) < 4.78 is 27.8. The third kappa shape index (κ3) is 7.74. The number of benzene rings is 2. The topological polar surface area (TPSA) is 189 Å². The van der Waals surface area contributed by atoms with E-state index in [0.29, 0.717) is 16.1 Å². The number of carboxylic acid groups (broad SMARTS) is 1. The summed E-state index contributed by atoms with van der Waals surface area (Å²) in [6.07, 6.45) is 0.912. The van der Waals surface area contributed by atoms with Crippen molar-refractivity contribution in [2.45, 2.75) is 26.8 Å². The van der Waals surface area contributed by atoms with Crippen molar-refractivity contribution in [3.63, 3.8) is 0 Å². The minimum Gasteiger partial charge on any atom is -0.478 e. The number of nitrogens with one attached hydrogen (secondary N) is 3. The van der Waals surface area contributed by atoms with Crippen molar-refractivity contribution in [3.8, 4) is 10.4 Å². The van der Waals surface area contributed by atoms with Crippen LogP contribution >= 0.6 is 11.3 Å². The molecule has 13 heteroatoms. The highest BCUT2D eigenvalue weighted by Crippen LogP contribution is 2.34. The van der Waals surface area contributed by atoms with E-state index >= 15 is 0 Å². The fraction of sp³-hybridized carbons (Fsp3) is 0.259. The van der Waals surface area contributed by atoms with E-state index in [9.17, 15) is 27.9 Å². The molecule has 1 aromatic heterocycles. The first-order chi connectivity index (χ1) is 18.6. The Labute approximate surface area is 236 Å². The number of carboxylic acids is 1.